The van der Waals surface area contributed by atoms with E-state index in [9.17, 15) is 4.79 Å². The van der Waals surface area contributed by atoms with Gasteiger partial charge in [0, 0.05) is 5.54 Å². The summed E-state index contributed by atoms with van der Waals surface area (Å²) < 4.78 is 0. The fourth-order valence-corrected chi connectivity index (χ4v) is 3.49. The van der Waals surface area contributed by atoms with E-state index in [-0.39, 0.29) is 11.6 Å². The molecule has 0 bridgehead atoms. The lowest BCUT2D eigenvalue weighted by molar-refractivity contribution is 0.211. The lowest BCUT2D eigenvalue weighted by Crippen LogP contribution is -2.50. The Balaban J connectivity index is 4.61. The van der Waals surface area contributed by atoms with Crippen LogP contribution in [0.25, 0.3) is 0 Å². The van der Waals surface area contributed by atoms with Crippen molar-refractivity contribution in [2.45, 2.75) is 123 Å². The first kappa shape index (κ1) is 22.3. The van der Waals surface area contributed by atoms with Crippen molar-refractivity contribution in [2.24, 2.45) is 5.73 Å². The lowest BCUT2D eigenvalue weighted by atomic mass is 9.81. The quantitative estimate of drug-likeness (QED) is 0.321. The number of rotatable bonds is 16. The highest BCUT2D eigenvalue weighted by Gasteiger charge is 2.29. The van der Waals surface area contributed by atoms with E-state index in [0.717, 1.165) is 19.3 Å². The van der Waals surface area contributed by atoms with Gasteiger partial charge in [0.1, 0.15) is 0 Å². The molecule has 0 radical (unpaired) electrons. The maximum atomic E-state index is 11.6. The zero-order chi connectivity index (χ0) is 17.4. The van der Waals surface area contributed by atoms with E-state index < -0.39 is 0 Å². The van der Waals surface area contributed by atoms with Crippen LogP contribution in [0.5, 0.6) is 0 Å². The van der Waals surface area contributed by atoms with Crippen LogP contribution in [0.4, 0.5) is 4.79 Å². The molecule has 0 aliphatic heterocycles. The molecule has 0 aromatic carbocycles. The van der Waals surface area contributed by atoms with Gasteiger partial charge in [-0.15, -0.1) is 0 Å². The number of carbonyl (C=O) groups excluding carboxylic acids is 1. The van der Waals surface area contributed by atoms with Crippen molar-refractivity contribution < 1.29 is 4.79 Å². The van der Waals surface area contributed by atoms with Crippen molar-refractivity contribution >= 4 is 6.03 Å². The molecule has 3 heteroatoms. The summed E-state index contributed by atoms with van der Waals surface area (Å²) in [5, 5.41) is 3.16. The minimum absolute atomic E-state index is 0.0545. The van der Waals surface area contributed by atoms with Gasteiger partial charge in [0.15, 0.2) is 0 Å². The van der Waals surface area contributed by atoms with Gasteiger partial charge in [-0.3, -0.25) is 0 Å². The van der Waals surface area contributed by atoms with E-state index in [1.807, 2.05) is 0 Å². The fourth-order valence-electron chi connectivity index (χ4n) is 3.49. The number of nitrogens with one attached hydrogen (secondary N) is 1. The number of hydrogen-bond acceptors (Lipinski definition) is 1. The van der Waals surface area contributed by atoms with E-state index in [1.165, 1.54) is 77.0 Å². The topological polar surface area (TPSA) is 55.1 Å². The average Bonchev–Trinajstić information content (AvgIpc) is 2.52. The molecule has 0 aliphatic rings. The predicted molar refractivity (Wildman–Crippen MR) is 102 cm³/mol. The van der Waals surface area contributed by atoms with Gasteiger partial charge in [-0.1, -0.05) is 97.8 Å². The Kier molecular flexibility index (Phi) is 14.4. The van der Waals surface area contributed by atoms with Crippen molar-refractivity contribution in [3.63, 3.8) is 0 Å². The first-order chi connectivity index (χ1) is 11.1. The number of primary amides is 1. The average molecular weight is 327 g/mol. The molecule has 0 unspecified atom stereocenters. The second-order valence-electron chi connectivity index (χ2n) is 7.20. The summed E-state index contributed by atoms with van der Waals surface area (Å²) >= 11 is 0. The summed E-state index contributed by atoms with van der Waals surface area (Å²) in [6, 6.07) is -0.341. The molecule has 0 aliphatic carbocycles. The summed E-state index contributed by atoms with van der Waals surface area (Å²) in [5.41, 5.74) is 5.47. The Morgan fingerprint density at radius 2 is 1.04 bits per heavy atom. The molecule has 0 spiro atoms. The van der Waals surface area contributed by atoms with Crippen molar-refractivity contribution in [1.29, 1.82) is 0 Å². The van der Waals surface area contributed by atoms with Gasteiger partial charge >= 0.3 is 6.03 Å². The highest BCUT2D eigenvalue weighted by atomic mass is 16.2. The molecular formula is C20H42N2O. The third kappa shape index (κ3) is 12.4. The monoisotopic (exact) mass is 326 g/mol. The van der Waals surface area contributed by atoms with Crippen LogP contribution in [-0.4, -0.2) is 11.6 Å². The van der Waals surface area contributed by atoms with Crippen LogP contribution in [0.15, 0.2) is 0 Å². The van der Waals surface area contributed by atoms with Crippen molar-refractivity contribution in [3.05, 3.63) is 0 Å². The number of amides is 2. The van der Waals surface area contributed by atoms with Crippen LogP contribution in [-0.2, 0) is 0 Å². The number of urea groups is 1. The lowest BCUT2D eigenvalue weighted by Gasteiger charge is -2.35. The molecule has 0 saturated carbocycles. The number of nitrogens with two attached hydrogens (primary N) is 1. The van der Waals surface area contributed by atoms with Crippen molar-refractivity contribution in [3.8, 4) is 0 Å². The SMILES string of the molecule is CCCCCCC(CCCCCC)(CCCCCC)NC(N)=O. The first-order valence-corrected chi connectivity index (χ1v) is 10.2. The van der Waals surface area contributed by atoms with E-state index in [1.54, 1.807) is 0 Å². The predicted octanol–water partition coefficient (Wildman–Crippen LogP) is 6.30. The van der Waals surface area contributed by atoms with Crippen LogP contribution < -0.4 is 11.1 Å². The molecule has 138 valence electrons. The molecule has 3 nitrogen and oxygen atoms in total. The van der Waals surface area contributed by atoms with Crippen molar-refractivity contribution in [1.82, 2.24) is 5.32 Å². The normalized spacial score (nSPS) is 11.6. The molecule has 0 atom stereocenters. The largest absolute Gasteiger partial charge is 0.352 e. The van der Waals surface area contributed by atoms with Gasteiger partial charge in [-0.2, -0.15) is 0 Å². The Morgan fingerprint density at radius 1 is 0.696 bits per heavy atom. The Hall–Kier alpha value is -0.730. The van der Waals surface area contributed by atoms with Crippen LogP contribution in [0.3, 0.4) is 0 Å². The highest BCUT2D eigenvalue weighted by molar-refractivity contribution is 5.72. The first-order valence-electron chi connectivity index (χ1n) is 10.2. The molecule has 2 amide bonds. The minimum atomic E-state index is -0.341. The van der Waals surface area contributed by atoms with E-state index in [0.29, 0.717) is 0 Å². The number of unbranched alkanes of at least 4 members (excludes halogenated alkanes) is 9. The molecule has 0 saturated heterocycles. The summed E-state index contributed by atoms with van der Waals surface area (Å²) in [6.45, 7) is 6.72. The summed E-state index contributed by atoms with van der Waals surface area (Å²) in [5.74, 6) is 0. The third-order valence-electron chi connectivity index (χ3n) is 4.92. The number of carbonyl (C=O) groups is 1. The van der Waals surface area contributed by atoms with Gasteiger partial charge < -0.3 is 11.1 Å². The van der Waals surface area contributed by atoms with Gasteiger partial charge in [0.05, 0.1) is 0 Å². The van der Waals surface area contributed by atoms with E-state index in [2.05, 4.69) is 26.1 Å². The second-order valence-corrected chi connectivity index (χ2v) is 7.20. The molecule has 0 heterocycles. The standard InChI is InChI=1S/C20H42N2O/c1-4-7-10-13-16-20(22-19(21)23,17-14-11-8-5-2)18-15-12-9-6-3/h4-18H2,1-3H3,(H3,21,22,23). The number of hydrogen-bond donors (Lipinski definition) is 2. The Morgan fingerprint density at radius 3 is 1.30 bits per heavy atom. The molecule has 0 fully saturated rings. The van der Waals surface area contributed by atoms with Crippen LogP contribution >= 0.6 is 0 Å². The Labute approximate surface area is 145 Å². The maximum absolute atomic E-state index is 11.6. The zero-order valence-electron chi connectivity index (χ0n) is 16.1. The highest BCUT2D eigenvalue weighted by Crippen LogP contribution is 2.29. The molecule has 0 aromatic heterocycles. The smallest absolute Gasteiger partial charge is 0.312 e. The molecule has 3 N–H and O–H groups in total. The van der Waals surface area contributed by atoms with Gasteiger partial charge in [0.2, 0.25) is 0 Å². The van der Waals surface area contributed by atoms with Crippen LogP contribution in [0.2, 0.25) is 0 Å². The summed E-state index contributed by atoms with van der Waals surface area (Å²) in [7, 11) is 0. The van der Waals surface area contributed by atoms with Crippen LogP contribution in [0.1, 0.15) is 117 Å². The summed E-state index contributed by atoms with van der Waals surface area (Å²) in [6.07, 6.45) is 18.3. The van der Waals surface area contributed by atoms with Gasteiger partial charge in [0.25, 0.3) is 0 Å². The zero-order valence-corrected chi connectivity index (χ0v) is 16.1. The summed E-state index contributed by atoms with van der Waals surface area (Å²) in [4.78, 5) is 11.6. The second kappa shape index (κ2) is 14.8. The maximum Gasteiger partial charge on any atom is 0.312 e. The Bertz CT molecular complexity index is 248. The molecule has 23 heavy (non-hydrogen) atoms. The van der Waals surface area contributed by atoms with Crippen LogP contribution in [0, 0.1) is 0 Å². The fraction of sp³-hybridized carbons (Fsp3) is 0.950. The molecule has 0 rings (SSSR count). The van der Waals surface area contributed by atoms with Gasteiger partial charge in [-0.25, -0.2) is 4.79 Å². The van der Waals surface area contributed by atoms with E-state index >= 15 is 0 Å². The van der Waals surface area contributed by atoms with Gasteiger partial charge in [-0.05, 0) is 19.3 Å². The van der Waals surface area contributed by atoms with Crippen molar-refractivity contribution in [2.75, 3.05) is 0 Å². The third-order valence-corrected chi connectivity index (χ3v) is 4.92. The molecule has 0 aromatic rings. The molecular weight excluding hydrogens is 284 g/mol. The minimum Gasteiger partial charge on any atom is -0.352 e. The van der Waals surface area contributed by atoms with E-state index in [4.69, 9.17) is 5.73 Å².